The standard InChI is InChI=1S/C13H18FNO3/c1-9(8-16)7-15-13(18)6-12(17)10-3-2-4-11(14)5-10/h2-5,9,12,16-17H,6-8H2,1H3,(H,15,18). The molecule has 1 aromatic carbocycles. The summed E-state index contributed by atoms with van der Waals surface area (Å²) in [6, 6.07) is 5.53. The Morgan fingerprint density at radius 2 is 2.22 bits per heavy atom. The molecule has 3 N–H and O–H groups in total. The van der Waals surface area contributed by atoms with Gasteiger partial charge in [0.15, 0.2) is 0 Å². The van der Waals surface area contributed by atoms with Crippen LogP contribution in [0.25, 0.3) is 0 Å². The van der Waals surface area contributed by atoms with Crippen LogP contribution in [0.5, 0.6) is 0 Å². The quantitative estimate of drug-likeness (QED) is 0.710. The molecule has 2 unspecified atom stereocenters. The van der Waals surface area contributed by atoms with E-state index in [1.807, 2.05) is 0 Å². The first-order valence-corrected chi connectivity index (χ1v) is 5.84. The minimum absolute atomic E-state index is 0.00721. The molecule has 5 heteroatoms. The van der Waals surface area contributed by atoms with Gasteiger partial charge in [-0.25, -0.2) is 4.39 Å². The van der Waals surface area contributed by atoms with Gasteiger partial charge in [-0.2, -0.15) is 0 Å². The normalized spacial score (nSPS) is 14.0. The van der Waals surface area contributed by atoms with Crippen LogP contribution in [-0.4, -0.2) is 29.3 Å². The van der Waals surface area contributed by atoms with Crippen LogP contribution < -0.4 is 5.32 Å². The van der Waals surface area contributed by atoms with E-state index >= 15 is 0 Å². The number of rotatable bonds is 6. The number of carbonyl (C=O) groups excluding carboxylic acids is 1. The molecule has 0 aliphatic heterocycles. The van der Waals surface area contributed by atoms with Crippen molar-refractivity contribution in [3.05, 3.63) is 35.6 Å². The molecule has 0 aromatic heterocycles. The first kappa shape index (κ1) is 14.6. The molecular formula is C13H18FNO3. The third-order valence-corrected chi connectivity index (χ3v) is 2.57. The van der Waals surface area contributed by atoms with E-state index in [1.54, 1.807) is 13.0 Å². The minimum atomic E-state index is -1.02. The maximum Gasteiger partial charge on any atom is 0.222 e. The summed E-state index contributed by atoms with van der Waals surface area (Å²) >= 11 is 0. The Bertz CT molecular complexity index is 398. The maximum atomic E-state index is 12.9. The molecule has 0 bridgehead atoms. The Hall–Kier alpha value is -1.46. The Morgan fingerprint density at radius 1 is 1.50 bits per heavy atom. The van der Waals surface area contributed by atoms with E-state index in [9.17, 15) is 14.3 Å². The summed E-state index contributed by atoms with van der Waals surface area (Å²) in [5.74, 6) is -0.798. The largest absolute Gasteiger partial charge is 0.396 e. The second-order valence-corrected chi connectivity index (χ2v) is 4.37. The summed E-state index contributed by atoms with van der Waals surface area (Å²) in [6.45, 7) is 2.14. The Labute approximate surface area is 105 Å². The van der Waals surface area contributed by atoms with E-state index in [0.717, 1.165) is 0 Å². The SMILES string of the molecule is CC(CO)CNC(=O)CC(O)c1cccc(F)c1. The van der Waals surface area contributed by atoms with Crippen LogP contribution >= 0.6 is 0 Å². The topological polar surface area (TPSA) is 69.6 Å². The van der Waals surface area contributed by atoms with Gasteiger partial charge in [0.25, 0.3) is 0 Å². The van der Waals surface area contributed by atoms with E-state index < -0.39 is 11.9 Å². The monoisotopic (exact) mass is 255 g/mol. The molecule has 4 nitrogen and oxygen atoms in total. The van der Waals surface area contributed by atoms with E-state index in [0.29, 0.717) is 12.1 Å². The number of hydrogen-bond acceptors (Lipinski definition) is 3. The molecule has 1 amide bonds. The number of aliphatic hydroxyl groups is 2. The van der Waals surface area contributed by atoms with Crippen molar-refractivity contribution in [3.8, 4) is 0 Å². The van der Waals surface area contributed by atoms with Crippen LogP contribution in [0.1, 0.15) is 25.0 Å². The summed E-state index contributed by atoms with van der Waals surface area (Å²) in [5, 5.41) is 21.2. The third-order valence-electron chi connectivity index (χ3n) is 2.57. The predicted octanol–water partition coefficient (Wildman–Crippen LogP) is 0.994. The fourth-order valence-electron chi connectivity index (χ4n) is 1.43. The summed E-state index contributed by atoms with van der Waals surface area (Å²) in [5.41, 5.74) is 0.375. The lowest BCUT2D eigenvalue weighted by Crippen LogP contribution is -2.30. The lowest BCUT2D eigenvalue weighted by molar-refractivity contribution is -0.123. The van der Waals surface area contributed by atoms with Crippen LogP contribution in [-0.2, 0) is 4.79 Å². The first-order valence-electron chi connectivity index (χ1n) is 5.84. The van der Waals surface area contributed by atoms with Crippen molar-refractivity contribution >= 4 is 5.91 Å². The highest BCUT2D eigenvalue weighted by molar-refractivity contribution is 5.76. The zero-order valence-corrected chi connectivity index (χ0v) is 10.3. The number of benzene rings is 1. The highest BCUT2D eigenvalue weighted by Crippen LogP contribution is 2.17. The van der Waals surface area contributed by atoms with Crippen molar-refractivity contribution < 1.29 is 19.4 Å². The minimum Gasteiger partial charge on any atom is -0.396 e. The van der Waals surface area contributed by atoms with Crippen LogP contribution in [0.4, 0.5) is 4.39 Å². The van der Waals surface area contributed by atoms with Crippen molar-refractivity contribution in [1.82, 2.24) is 5.32 Å². The fourth-order valence-corrected chi connectivity index (χ4v) is 1.43. The highest BCUT2D eigenvalue weighted by Gasteiger charge is 2.13. The average molecular weight is 255 g/mol. The number of carbonyl (C=O) groups is 1. The molecule has 0 aliphatic carbocycles. The van der Waals surface area contributed by atoms with E-state index in [-0.39, 0.29) is 24.9 Å². The molecule has 0 radical (unpaired) electrons. The predicted molar refractivity (Wildman–Crippen MR) is 65.2 cm³/mol. The summed E-state index contributed by atoms with van der Waals surface area (Å²) in [7, 11) is 0. The number of halogens is 1. The van der Waals surface area contributed by atoms with E-state index in [2.05, 4.69) is 5.32 Å². The van der Waals surface area contributed by atoms with Gasteiger partial charge in [-0.1, -0.05) is 19.1 Å². The summed E-state index contributed by atoms with van der Waals surface area (Å²) in [6.07, 6.45) is -1.15. The molecule has 0 heterocycles. The summed E-state index contributed by atoms with van der Waals surface area (Å²) in [4.78, 5) is 11.5. The lowest BCUT2D eigenvalue weighted by Gasteiger charge is -2.13. The van der Waals surface area contributed by atoms with Crippen LogP contribution in [0.2, 0.25) is 0 Å². The van der Waals surface area contributed by atoms with Crippen LogP contribution in [0.3, 0.4) is 0 Å². The van der Waals surface area contributed by atoms with Gasteiger partial charge < -0.3 is 15.5 Å². The van der Waals surface area contributed by atoms with Gasteiger partial charge in [-0.05, 0) is 23.6 Å². The first-order chi connectivity index (χ1) is 8.52. The smallest absolute Gasteiger partial charge is 0.222 e. The maximum absolute atomic E-state index is 12.9. The highest BCUT2D eigenvalue weighted by atomic mass is 19.1. The number of aliphatic hydroxyl groups excluding tert-OH is 2. The van der Waals surface area contributed by atoms with E-state index in [4.69, 9.17) is 5.11 Å². The molecule has 0 aliphatic rings. The second-order valence-electron chi connectivity index (χ2n) is 4.37. The van der Waals surface area contributed by atoms with E-state index in [1.165, 1.54) is 18.2 Å². The Morgan fingerprint density at radius 3 is 2.83 bits per heavy atom. The molecule has 0 saturated heterocycles. The van der Waals surface area contributed by atoms with Gasteiger partial charge in [-0.3, -0.25) is 4.79 Å². The van der Waals surface area contributed by atoms with Gasteiger partial charge in [0.2, 0.25) is 5.91 Å². The van der Waals surface area contributed by atoms with Crippen molar-refractivity contribution in [2.45, 2.75) is 19.4 Å². The third kappa shape index (κ3) is 4.81. The van der Waals surface area contributed by atoms with Gasteiger partial charge in [-0.15, -0.1) is 0 Å². The zero-order valence-electron chi connectivity index (χ0n) is 10.3. The van der Waals surface area contributed by atoms with Crippen molar-refractivity contribution in [1.29, 1.82) is 0 Å². The Kier molecular flexibility index (Phi) is 5.74. The number of nitrogens with one attached hydrogen (secondary N) is 1. The zero-order chi connectivity index (χ0) is 13.5. The summed E-state index contributed by atoms with van der Waals surface area (Å²) < 4.78 is 12.9. The lowest BCUT2D eigenvalue weighted by atomic mass is 10.1. The van der Waals surface area contributed by atoms with Crippen molar-refractivity contribution in [2.75, 3.05) is 13.2 Å². The molecule has 2 atom stereocenters. The molecule has 1 rings (SSSR count). The van der Waals surface area contributed by atoms with Gasteiger partial charge in [0.1, 0.15) is 5.82 Å². The number of hydrogen-bond donors (Lipinski definition) is 3. The van der Waals surface area contributed by atoms with Crippen molar-refractivity contribution in [3.63, 3.8) is 0 Å². The van der Waals surface area contributed by atoms with Gasteiger partial charge in [0.05, 0.1) is 12.5 Å². The Balaban J connectivity index is 2.44. The molecule has 0 fully saturated rings. The molecule has 1 aromatic rings. The molecule has 100 valence electrons. The van der Waals surface area contributed by atoms with Crippen LogP contribution in [0.15, 0.2) is 24.3 Å². The fraction of sp³-hybridized carbons (Fsp3) is 0.462. The molecule has 0 spiro atoms. The molecular weight excluding hydrogens is 237 g/mol. The number of amides is 1. The van der Waals surface area contributed by atoms with Crippen molar-refractivity contribution in [2.24, 2.45) is 5.92 Å². The van der Waals surface area contributed by atoms with Gasteiger partial charge in [0, 0.05) is 13.2 Å². The second kappa shape index (κ2) is 7.08. The molecule has 18 heavy (non-hydrogen) atoms. The van der Waals surface area contributed by atoms with Gasteiger partial charge >= 0.3 is 0 Å². The van der Waals surface area contributed by atoms with Crippen LogP contribution in [0, 0.1) is 11.7 Å². The molecule has 0 saturated carbocycles. The average Bonchev–Trinajstić information content (AvgIpc) is 2.35.